The monoisotopic (exact) mass is 324 g/mol. The smallest absolute Gasteiger partial charge is 0.343 e. The second-order valence-electron chi connectivity index (χ2n) is 5.59. The summed E-state index contributed by atoms with van der Waals surface area (Å²) in [4.78, 5) is 24.2. The van der Waals surface area contributed by atoms with Crippen LogP contribution in [0.1, 0.15) is 24.0 Å². The van der Waals surface area contributed by atoms with Gasteiger partial charge in [0.25, 0.3) is 0 Å². The summed E-state index contributed by atoms with van der Waals surface area (Å²) < 4.78 is 5.27. The maximum atomic E-state index is 12.4. The van der Waals surface area contributed by atoms with E-state index >= 15 is 0 Å². The number of ketones is 1. The normalized spacial score (nSPS) is 13.6. The van der Waals surface area contributed by atoms with Crippen molar-refractivity contribution < 1.29 is 19.4 Å². The Morgan fingerprint density at radius 3 is 2.33 bits per heavy atom. The first-order valence-electron chi connectivity index (χ1n) is 7.49. The third-order valence-electron chi connectivity index (χ3n) is 4.02. The summed E-state index contributed by atoms with van der Waals surface area (Å²) in [7, 11) is 0. The molecule has 0 aliphatic carbocycles. The topological polar surface area (TPSA) is 87.7 Å². The maximum absolute atomic E-state index is 12.4. The third-order valence-corrected chi connectivity index (χ3v) is 4.02. The highest BCUT2D eigenvalue weighted by Crippen LogP contribution is 2.36. The van der Waals surface area contributed by atoms with E-state index in [0.29, 0.717) is 10.9 Å². The van der Waals surface area contributed by atoms with Gasteiger partial charge in [-0.15, -0.1) is 0 Å². The summed E-state index contributed by atoms with van der Waals surface area (Å²) in [5, 5.41) is 21.3. The van der Waals surface area contributed by atoms with Crippen molar-refractivity contribution in [2.75, 3.05) is 0 Å². The molecule has 0 amide bonds. The Hall–Kier alpha value is -2.92. The minimum Gasteiger partial charge on any atom is -0.507 e. The van der Waals surface area contributed by atoms with Gasteiger partial charge >= 0.3 is 5.63 Å². The molecule has 3 rings (SSSR count). The molecule has 0 aliphatic heterocycles. The molecular formula is C19H16O5. The molecule has 5 nitrogen and oxygen atoms in total. The van der Waals surface area contributed by atoms with Crippen LogP contribution in [-0.4, -0.2) is 22.1 Å². The number of aliphatic hydroxyl groups excluding tert-OH is 1. The van der Waals surface area contributed by atoms with Gasteiger partial charge in [-0.25, -0.2) is 4.79 Å². The SMILES string of the molecule is CC(=O)C(O)[C@H](c1ccccc1)c1c(O)c2ccccc2oc1=O. The molecule has 1 heterocycles. The fourth-order valence-electron chi connectivity index (χ4n) is 2.82. The molecule has 0 radical (unpaired) electrons. The van der Waals surface area contributed by atoms with E-state index in [1.54, 1.807) is 54.6 Å². The predicted octanol–water partition coefficient (Wildman–Crippen LogP) is 2.58. The first kappa shape index (κ1) is 16.0. The van der Waals surface area contributed by atoms with Gasteiger partial charge in [-0.1, -0.05) is 42.5 Å². The van der Waals surface area contributed by atoms with Crippen LogP contribution in [0.3, 0.4) is 0 Å². The molecule has 1 aromatic heterocycles. The second-order valence-corrected chi connectivity index (χ2v) is 5.59. The van der Waals surface area contributed by atoms with Gasteiger partial charge in [0.2, 0.25) is 0 Å². The molecule has 0 spiro atoms. The van der Waals surface area contributed by atoms with Crippen molar-refractivity contribution in [2.45, 2.75) is 18.9 Å². The Bertz CT molecular complexity index is 943. The molecule has 2 aromatic carbocycles. The van der Waals surface area contributed by atoms with Gasteiger partial charge in [0.05, 0.1) is 16.9 Å². The van der Waals surface area contributed by atoms with Crippen molar-refractivity contribution >= 4 is 16.8 Å². The summed E-state index contributed by atoms with van der Waals surface area (Å²) >= 11 is 0. The lowest BCUT2D eigenvalue weighted by atomic mass is 9.85. The van der Waals surface area contributed by atoms with Crippen molar-refractivity contribution in [1.29, 1.82) is 0 Å². The Labute approximate surface area is 137 Å². The van der Waals surface area contributed by atoms with Crippen LogP contribution < -0.4 is 5.63 Å². The van der Waals surface area contributed by atoms with Crippen molar-refractivity contribution in [1.82, 2.24) is 0 Å². The summed E-state index contributed by atoms with van der Waals surface area (Å²) in [5.74, 6) is -1.80. The zero-order valence-electron chi connectivity index (χ0n) is 13.0. The van der Waals surface area contributed by atoms with Crippen molar-refractivity contribution in [2.24, 2.45) is 0 Å². The average molecular weight is 324 g/mol. The van der Waals surface area contributed by atoms with E-state index in [1.807, 2.05) is 0 Å². The van der Waals surface area contributed by atoms with Crippen LogP contribution in [0.2, 0.25) is 0 Å². The number of Topliss-reactive ketones (excluding diaryl/α,β-unsaturated/α-hetero) is 1. The van der Waals surface area contributed by atoms with Crippen molar-refractivity contribution in [3.63, 3.8) is 0 Å². The number of para-hydroxylation sites is 1. The summed E-state index contributed by atoms with van der Waals surface area (Å²) in [5.41, 5.74) is -0.117. The summed E-state index contributed by atoms with van der Waals surface area (Å²) in [6.45, 7) is 1.24. The Morgan fingerprint density at radius 2 is 1.67 bits per heavy atom. The van der Waals surface area contributed by atoms with Crippen LogP contribution in [0.25, 0.3) is 11.0 Å². The number of aromatic hydroxyl groups is 1. The lowest BCUT2D eigenvalue weighted by Gasteiger charge is -2.22. The largest absolute Gasteiger partial charge is 0.507 e. The highest BCUT2D eigenvalue weighted by atomic mass is 16.4. The van der Waals surface area contributed by atoms with E-state index < -0.39 is 23.4 Å². The van der Waals surface area contributed by atoms with Gasteiger partial charge in [-0.05, 0) is 24.6 Å². The number of hydrogen-bond donors (Lipinski definition) is 2. The van der Waals surface area contributed by atoms with Crippen LogP contribution in [0.4, 0.5) is 0 Å². The summed E-state index contributed by atoms with van der Waals surface area (Å²) in [6.07, 6.45) is -1.47. The average Bonchev–Trinajstić information content (AvgIpc) is 2.58. The molecule has 0 aliphatic rings. The van der Waals surface area contributed by atoms with Gasteiger partial charge in [-0.3, -0.25) is 4.79 Å². The standard InChI is InChI=1S/C19H16O5/c1-11(20)17(21)15(12-7-3-2-4-8-12)16-18(22)13-9-5-6-10-14(13)24-19(16)23/h2-10,15,17,21-22H,1H3/t15-,17?/m1/s1. The fourth-order valence-corrected chi connectivity index (χ4v) is 2.82. The molecule has 2 atom stereocenters. The molecular weight excluding hydrogens is 308 g/mol. The van der Waals surface area contributed by atoms with E-state index in [0.717, 1.165) is 0 Å². The number of carbonyl (C=O) groups excluding carboxylic acids is 1. The second kappa shape index (κ2) is 6.29. The van der Waals surface area contributed by atoms with Crippen LogP contribution in [0, 0.1) is 0 Å². The predicted molar refractivity (Wildman–Crippen MR) is 89.1 cm³/mol. The lowest BCUT2D eigenvalue weighted by molar-refractivity contribution is -0.125. The minimum atomic E-state index is -1.47. The number of benzene rings is 2. The van der Waals surface area contributed by atoms with Crippen LogP contribution >= 0.6 is 0 Å². The van der Waals surface area contributed by atoms with E-state index in [9.17, 15) is 19.8 Å². The molecule has 1 unspecified atom stereocenters. The maximum Gasteiger partial charge on any atom is 0.343 e. The van der Waals surface area contributed by atoms with Gasteiger partial charge in [-0.2, -0.15) is 0 Å². The highest BCUT2D eigenvalue weighted by Gasteiger charge is 2.32. The van der Waals surface area contributed by atoms with E-state index in [4.69, 9.17) is 4.42 Å². The van der Waals surface area contributed by atoms with E-state index in [-0.39, 0.29) is 16.9 Å². The number of rotatable bonds is 4. The van der Waals surface area contributed by atoms with Crippen LogP contribution in [-0.2, 0) is 4.79 Å². The van der Waals surface area contributed by atoms with Crippen LogP contribution in [0.5, 0.6) is 5.75 Å². The minimum absolute atomic E-state index is 0.123. The van der Waals surface area contributed by atoms with E-state index in [1.165, 1.54) is 6.92 Å². The van der Waals surface area contributed by atoms with E-state index in [2.05, 4.69) is 0 Å². The molecule has 2 N–H and O–H groups in total. The molecule has 5 heteroatoms. The molecule has 122 valence electrons. The molecule has 0 saturated heterocycles. The molecule has 0 saturated carbocycles. The molecule has 3 aromatic rings. The van der Waals surface area contributed by atoms with Gasteiger partial charge in [0, 0.05) is 0 Å². The Morgan fingerprint density at radius 1 is 1.04 bits per heavy atom. The Balaban J connectivity index is 2.31. The molecule has 0 bridgehead atoms. The molecule has 24 heavy (non-hydrogen) atoms. The summed E-state index contributed by atoms with van der Waals surface area (Å²) in [6, 6.07) is 15.2. The number of hydrogen-bond acceptors (Lipinski definition) is 5. The van der Waals surface area contributed by atoms with Gasteiger partial charge in [0.1, 0.15) is 17.4 Å². The third kappa shape index (κ3) is 2.70. The van der Waals surface area contributed by atoms with Crippen LogP contribution in [0.15, 0.2) is 63.8 Å². The molecule has 0 fully saturated rings. The highest BCUT2D eigenvalue weighted by molar-refractivity contribution is 5.86. The number of fused-ring (bicyclic) bond motifs is 1. The zero-order valence-corrected chi connectivity index (χ0v) is 13.0. The first-order chi connectivity index (χ1) is 11.5. The fraction of sp³-hybridized carbons (Fsp3) is 0.158. The number of carbonyl (C=O) groups is 1. The lowest BCUT2D eigenvalue weighted by Crippen LogP contribution is -2.30. The van der Waals surface area contributed by atoms with Crippen molar-refractivity contribution in [3.05, 3.63) is 76.1 Å². The number of aliphatic hydroxyl groups is 1. The first-order valence-corrected chi connectivity index (χ1v) is 7.49. The van der Waals surface area contributed by atoms with Gasteiger partial charge < -0.3 is 14.6 Å². The quantitative estimate of drug-likeness (QED) is 0.720. The Kier molecular flexibility index (Phi) is 4.18. The zero-order chi connectivity index (χ0) is 17.3. The van der Waals surface area contributed by atoms with Gasteiger partial charge in [0.15, 0.2) is 5.78 Å². The van der Waals surface area contributed by atoms with Crippen molar-refractivity contribution in [3.8, 4) is 5.75 Å².